The Morgan fingerprint density at radius 1 is 1.25 bits per heavy atom. The van der Waals surface area contributed by atoms with Crippen LogP contribution in [0.4, 0.5) is 4.79 Å². The third kappa shape index (κ3) is 6.40. The highest BCUT2D eigenvalue weighted by molar-refractivity contribution is 5.87. The third-order valence-corrected chi connectivity index (χ3v) is 3.56. The lowest BCUT2D eigenvalue weighted by Crippen LogP contribution is -2.47. The molecule has 7 nitrogen and oxygen atoms in total. The summed E-state index contributed by atoms with van der Waals surface area (Å²) in [4.78, 5) is 33.0. The molecule has 1 rings (SSSR count). The van der Waals surface area contributed by atoms with Crippen molar-refractivity contribution in [2.45, 2.75) is 51.0 Å². The number of hydrogen-bond acceptors (Lipinski definition) is 3. The first-order valence-corrected chi connectivity index (χ1v) is 7.04. The lowest BCUT2D eigenvalue weighted by Gasteiger charge is -2.14. The van der Waals surface area contributed by atoms with Crippen molar-refractivity contribution in [3.8, 4) is 0 Å². The highest BCUT2D eigenvalue weighted by atomic mass is 16.4. The SMILES string of the molecule is NC(=O)C[C@@H](NC(=O)NCCCC1CCCC1)C(=O)O. The van der Waals surface area contributed by atoms with Gasteiger partial charge < -0.3 is 21.5 Å². The number of hydrogen-bond donors (Lipinski definition) is 4. The minimum absolute atomic E-state index is 0.412. The highest BCUT2D eigenvalue weighted by Gasteiger charge is 2.22. The normalized spacial score (nSPS) is 16.6. The van der Waals surface area contributed by atoms with Crippen LogP contribution in [0.15, 0.2) is 0 Å². The monoisotopic (exact) mass is 285 g/mol. The molecule has 1 fully saturated rings. The minimum atomic E-state index is -1.28. The summed E-state index contributed by atoms with van der Waals surface area (Å²) >= 11 is 0. The number of urea groups is 1. The molecule has 7 heteroatoms. The molecule has 0 unspecified atom stereocenters. The van der Waals surface area contributed by atoms with E-state index in [4.69, 9.17) is 10.8 Å². The first-order chi connectivity index (χ1) is 9.49. The summed E-state index contributed by atoms with van der Waals surface area (Å²) in [5, 5.41) is 13.7. The predicted octanol–water partition coefficient (Wildman–Crippen LogP) is 0.585. The zero-order chi connectivity index (χ0) is 15.0. The van der Waals surface area contributed by atoms with Crippen LogP contribution in [0.3, 0.4) is 0 Å². The zero-order valence-corrected chi connectivity index (χ0v) is 11.6. The Labute approximate surface area is 118 Å². The van der Waals surface area contributed by atoms with Gasteiger partial charge in [0.2, 0.25) is 5.91 Å². The van der Waals surface area contributed by atoms with Crippen molar-refractivity contribution in [2.24, 2.45) is 11.7 Å². The summed E-state index contributed by atoms with van der Waals surface area (Å²) in [6.07, 6.45) is 6.69. The van der Waals surface area contributed by atoms with E-state index in [-0.39, 0.29) is 0 Å². The molecule has 0 aliphatic heterocycles. The molecule has 1 aliphatic rings. The maximum absolute atomic E-state index is 11.5. The van der Waals surface area contributed by atoms with Crippen LogP contribution < -0.4 is 16.4 Å². The fourth-order valence-corrected chi connectivity index (χ4v) is 2.50. The van der Waals surface area contributed by atoms with Crippen LogP contribution in [0, 0.1) is 5.92 Å². The van der Waals surface area contributed by atoms with Gasteiger partial charge in [-0.25, -0.2) is 9.59 Å². The lowest BCUT2D eigenvalue weighted by molar-refractivity contribution is -0.140. The number of carbonyl (C=O) groups excluding carboxylic acids is 2. The van der Waals surface area contributed by atoms with Gasteiger partial charge in [0.15, 0.2) is 0 Å². The Balaban J connectivity index is 2.17. The molecule has 3 amide bonds. The molecule has 0 saturated heterocycles. The molecule has 0 spiro atoms. The van der Waals surface area contributed by atoms with Gasteiger partial charge >= 0.3 is 12.0 Å². The summed E-state index contributed by atoms with van der Waals surface area (Å²) in [6, 6.07) is -1.85. The number of primary amides is 1. The molecule has 1 atom stereocenters. The van der Waals surface area contributed by atoms with Crippen LogP contribution in [-0.4, -0.2) is 35.6 Å². The van der Waals surface area contributed by atoms with E-state index in [1.54, 1.807) is 0 Å². The molecule has 0 bridgehead atoms. The molecule has 0 aromatic rings. The molecule has 20 heavy (non-hydrogen) atoms. The number of rotatable bonds is 8. The van der Waals surface area contributed by atoms with Gasteiger partial charge in [-0.1, -0.05) is 25.7 Å². The van der Waals surface area contributed by atoms with Gasteiger partial charge in [0.05, 0.1) is 6.42 Å². The van der Waals surface area contributed by atoms with E-state index in [1.807, 2.05) is 0 Å². The average Bonchev–Trinajstić information content (AvgIpc) is 2.86. The Bertz CT molecular complexity index is 354. The van der Waals surface area contributed by atoms with E-state index in [2.05, 4.69) is 10.6 Å². The molecule has 0 radical (unpaired) electrons. The summed E-state index contributed by atoms with van der Waals surface area (Å²) < 4.78 is 0. The molecule has 1 aliphatic carbocycles. The topological polar surface area (TPSA) is 122 Å². The van der Waals surface area contributed by atoms with Crippen molar-refractivity contribution in [3.05, 3.63) is 0 Å². The highest BCUT2D eigenvalue weighted by Crippen LogP contribution is 2.28. The minimum Gasteiger partial charge on any atom is -0.480 e. The van der Waals surface area contributed by atoms with Gasteiger partial charge in [-0.05, 0) is 18.8 Å². The summed E-state index contributed by atoms with van der Waals surface area (Å²) in [6.45, 7) is 0.505. The second-order valence-electron chi connectivity index (χ2n) is 5.25. The Kier molecular flexibility index (Phi) is 6.83. The fourth-order valence-electron chi connectivity index (χ4n) is 2.50. The van der Waals surface area contributed by atoms with Crippen molar-refractivity contribution in [3.63, 3.8) is 0 Å². The number of carboxylic acid groups (broad SMARTS) is 1. The predicted molar refractivity (Wildman–Crippen MR) is 73.0 cm³/mol. The van der Waals surface area contributed by atoms with E-state index in [9.17, 15) is 14.4 Å². The number of nitrogens with two attached hydrogens (primary N) is 1. The number of amides is 3. The van der Waals surface area contributed by atoms with Crippen LogP contribution in [0.5, 0.6) is 0 Å². The van der Waals surface area contributed by atoms with Gasteiger partial charge in [-0.3, -0.25) is 4.79 Å². The van der Waals surface area contributed by atoms with Crippen LogP contribution in [0.25, 0.3) is 0 Å². The Morgan fingerprint density at radius 3 is 2.45 bits per heavy atom. The van der Waals surface area contributed by atoms with Crippen molar-refractivity contribution in [1.29, 1.82) is 0 Å². The Hall–Kier alpha value is -1.79. The van der Waals surface area contributed by atoms with Gasteiger partial charge in [0.1, 0.15) is 6.04 Å². The van der Waals surface area contributed by atoms with E-state index >= 15 is 0 Å². The standard InChI is InChI=1S/C13H23N3O4/c14-11(17)8-10(12(18)19)16-13(20)15-7-3-6-9-4-1-2-5-9/h9-10H,1-8H2,(H2,14,17)(H,18,19)(H2,15,16,20)/t10-/m1/s1. The zero-order valence-electron chi connectivity index (χ0n) is 11.6. The molecule has 0 aromatic carbocycles. The van der Waals surface area contributed by atoms with Crippen LogP contribution >= 0.6 is 0 Å². The van der Waals surface area contributed by atoms with E-state index in [1.165, 1.54) is 25.7 Å². The molecule has 0 aromatic heterocycles. The van der Waals surface area contributed by atoms with Crippen molar-refractivity contribution in [1.82, 2.24) is 10.6 Å². The average molecular weight is 285 g/mol. The van der Waals surface area contributed by atoms with Crippen LogP contribution in [0.2, 0.25) is 0 Å². The first-order valence-electron chi connectivity index (χ1n) is 7.04. The smallest absolute Gasteiger partial charge is 0.326 e. The van der Waals surface area contributed by atoms with Crippen molar-refractivity contribution >= 4 is 17.9 Å². The summed E-state index contributed by atoms with van der Waals surface area (Å²) in [5.41, 5.74) is 4.92. The van der Waals surface area contributed by atoms with Gasteiger partial charge in [-0.2, -0.15) is 0 Å². The molecule has 0 heterocycles. The van der Waals surface area contributed by atoms with Crippen LogP contribution in [-0.2, 0) is 9.59 Å². The second kappa shape index (κ2) is 8.39. The van der Waals surface area contributed by atoms with Gasteiger partial charge in [-0.15, -0.1) is 0 Å². The maximum Gasteiger partial charge on any atom is 0.326 e. The largest absolute Gasteiger partial charge is 0.480 e. The van der Waals surface area contributed by atoms with Crippen molar-refractivity contribution < 1.29 is 19.5 Å². The molecular formula is C13H23N3O4. The van der Waals surface area contributed by atoms with E-state index < -0.39 is 30.4 Å². The summed E-state index contributed by atoms with van der Waals surface area (Å²) in [7, 11) is 0. The first kappa shape index (κ1) is 16.3. The lowest BCUT2D eigenvalue weighted by atomic mass is 10.0. The van der Waals surface area contributed by atoms with Crippen LogP contribution in [0.1, 0.15) is 44.9 Å². The van der Waals surface area contributed by atoms with Gasteiger partial charge in [0.25, 0.3) is 0 Å². The fraction of sp³-hybridized carbons (Fsp3) is 0.769. The number of nitrogens with one attached hydrogen (secondary N) is 2. The third-order valence-electron chi connectivity index (χ3n) is 3.56. The number of carboxylic acids is 1. The second-order valence-corrected chi connectivity index (χ2v) is 5.25. The van der Waals surface area contributed by atoms with Crippen molar-refractivity contribution in [2.75, 3.05) is 6.54 Å². The van der Waals surface area contributed by atoms with Gasteiger partial charge in [0, 0.05) is 6.54 Å². The molecular weight excluding hydrogens is 262 g/mol. The molecule has 1 saturated carbocycles. The number of aliphatic carboxylic acids is 1. The quantitative estimate of drug-likeness (QED) is 0.487. The maximum atomic E-state index is 11.5. The van der Waals surface area contributed by atoms with E-state index in [0.29, 0.717) is 6.54 Å². The summed E-state index contributed by atoms with van der Waals surface area (Å²) in [5.74, 6) is -1.27. The molecule has 5 N–H and O–H groups in total. The van der Waals surface area contributed by atoms with E-state index in [0.717, 1.165) is 18.8 Å². The Morgan fingerprint density at radius 2 is 1.90 bits per heavy atom. The molecule has 114 valence electrons. The number of carbonyl (C=O) groups is 3.